The van der Waals surface area contributed by atoms with Crippen molar-refractivity contribution in [2.45, 2.75) is 20.8 Å². The van der Waals surface area contributed by atoms with Gasteiger partial charge in [-0.25, -0.2) is 0 Å². The molecule has 0 amide bonds. The fourth-order valence-electron chi connectivity index (χ4n) is 1.26. The Morgan fingerprint density at radius 2 is 2.00 bits per heavy atom. The molecule has 1 fully saturated rings. The van der Waals surface area contributed by atoms with Crippen molar-refractivity contribution in [1.82, 2.24) is 4.90 Å². The molecule has 0 aromatic carbocycles. The maximum atomic E-state index is 3.95. The van der Waals surface area contributed by atoms with E-state index in [1.54, 1.807) is 0 Å². The highest BCUT2D eigenvalue weighted by Crippen LogP contribution is 2.25. The van der Waals surface area contributed by atoms with Gasteiger partial charge in [0.25, 0.3) is 0 Å². The summed E-state index contributed by atoms with van der Waals surface area (Å²) in [6.45, 7) is 12.7. The highest BCUT2D eigenvalue weighted by Gasteiger charge is 2.26. The quantitative estimate of drug-likeness (QED) is 0.548. The number of hydrogen-bond donors (Lipinski definition) is 0. The Morgan fingerprint density at radius 3 is 2.36 bits per heavy atom. The van der Waals surface area contributed by atoms with Crippen LogP contribution >= 0.6 is 0 Å². The Labute approximate surface area is 69.4 Å². The van der Waals surface area contributed by atoms with Gasteiger partial charge >= 0.3 is 0 Å². The van der Waals surface area contributed by atoms with Gasteiger partial charge in [-0.05, 0) is 20.8 Å². The molecule has 62 valence electrons. The van der Waals surface area contributed by atoms with Crippen molar-refractivity contribution in [1.29, 1.82) is 0 Å². The monoisotopic (exact) mass is 151 g/mol. The lowest BCUT2D eigenvalue weighted by molar-refractivity contribution is 0.171. The molecule has 0 aromatic heterocycles. The molecule has 0 radical (unpaired) electrons. The molecule has 0 aliphatic carbocycles. The summed E-state index contributed by atoms with van der Waals surface area (Å²) in [6.07, 6.45) is 2.16. The summed E-state index contributed by atoms with van der Waals surface area (Å²) >= 11 is 0. The summed E-state index contributed by atoms with van der Waals surface area (Å²) in [7, 11) is 0. The van der Waals surface area contributed by atoms with Gasteiger partial charge in [-0.3, -0.25) is 0 Å². The van der Waals surface area contributed by atoms with Gasteiger partial charge < -0.3 is 4.90 Å². The number of allylic oxidation sites excluding steroid dienone is 2. The van der Waals surface area contributed by atoms with Crippen LogP contribution in [-0.2, 0) is 0 Å². The van der Waals surface area contributed by atoms with Crippen molar-refractivity contribution in [2.24, 2.45) is 5.92 Å². The van der Waals surface area contributed by atoms with Gasteiger partial charge in [0.05, 0.1) is 0 Å². The summed E-state index contributed by atoms with van der Waals surface area (Å²) < 4.78 is 0. The van der Waals surface area contributed by atoms with E-state index < -0.39 is 0 Å². The fraction of sp³-hybridized carbons (Fsp3) is 0.600. The molecule has 1 saturated heterocycles. The first-order valence-corrected chi connectivity index (χ1v) is 4.18. The van der Waals surface area contributed by atoms with Crippen molar-refractivity contribution in [2.75, 3.05) is 13.1 Å². The number of likely N-dealkylation sites (tertiary alicyclic amines) is 1. The average Bonchev–Trinajstić information content (AvgIpc) is 1.83. The van der Waals surface area contributed by atoms with Crippen molar-refractivity contribution in [3.05, 3.63) is 23.9 Å². The molecule has 1 aliphatic heterocycles. The first-order valence-electron chi connectivity index (χ1n) is 4.18. The van der Waals surface area contributed by atoms with Crippen LogP contribution in [0.4, 0.5) is 0 Å². The lowest BCUT2D eigenvalue weighted by Crippen LogP contribution is -2.45. The maximum Gasteiger partial charge on any atom is 0.0257 e. The standard InChI is InChI=1S/C10H17N/c1-5-9(4)11-6-10(7-11)8(2)3/h5,10H,2,6-7H2,1,3-4H3/b9-5-. The summed E-state index contributed by atoms with van der Waals surface area (Å²) in [5, 5.41) is 0. The Balaban J connectivity index is 2.35. The second kappa shape index (κ2) is 3.12. The van der Waals surface area contributed by atoms with Gasteiger partial charge in [0.1, 0.15) is 0 Å². The summed E-state index contributed by atoms with van der Waals surface area (Å²) in [6, 6.07) is 0. The first-order chi connectivity index (χ1) is 5.15. The normalized spacial score (nSPS) is 19.9. The minimum absolute atomic E-state index is 0.741. The minimum atomic E-state index is 0.741. The van der Waals surface area contributed by atoms with Gasteiger partial charge in [0, 0.05) is 24.7 Å². The van der Waals surface area contributed by atoms with Crippen LogP contribution in [0.5, 0.6) is 0 Å². The molecule has 0 bridgehead atoms. The van der Waals surface area contributed by atoms with Crippen LogP contribution in [0.15, 0.2) is 23.9 Å². The molecule has 1 nitrogen and oxygen atoms in total. The molecular weight excluding hydrogens is 134 g/mol. The van der Waals surface area contributed by atoms with E-state index in [1.165, 1.54) is 24.4 Å². The molecule has 0 spiro atoms. The molecule has 11 heavy (non-hydrogen) atoms. The van der Waals surface area contributed by atoms with E-state index in [2.05, 4.69) is 38.3 Å². The number of rotatable bonds is 2. The second-order valence-corrected chi connectivity index (χ2v) is 3.38. The van der Waals surface area contributed by atoms with Crippen LogP contribution in [0, 0.1) is 5.92 Å². The zero-order valence-corrected chi connectivity index (χ0v) is 7.72. The topological polar surface area (TPSA) is 3.24 Å². The highest BCUT2D eigenvalue weighted by atomic mass is 15.2. The largest absolute Gasteiger partial charge is 0.374 e. The molecule has 1 rings (SSSR count). The minimum Gasteiger partial charge on any atom is -0.374 e. The summed E-state index contributed by atoms with van der Waals surface area (Å²) in [5.74, 6) is 0.741. The number of hydrogen-bond acceptors (Lipinski definition) is 1. The van der Waals surface area contributed by atoms with Gasteiger partial charge in [-0.2, -0.15) is 0 Å². The molecular formula is C10H17N. The Morgan fingerprint density at radius 1 is 1.45 bits per heavy atom. The lowest BCUT2D eigenvalue weighted by atomic mass is 9.93. The van der Waals surface area contributed by atoms with Crippen LogP contribution in [-0.4, -0.2) is 18.0 Å². The molecule has 0 unspecified atom stereocenters. The number of nitrogens with zero attached hydrogens (tertiary/aromatic N) is 1. The van der Waals surface area contributed by atoms with Crippen LogP contribution in [0.3, 0.4) is 0 Å². The zero-order chi connectivity index (χ0) is 8.43. The lowest BCUT2D eigenvalue weighted by Gasteiger charge is -2.42. The van der Waals surface area contributed by atoms with Crippen molar-refractivity contribution in [3.8, 4) is 0 Å². The highest BCUT2D eigenvalue weighted by molar-refractivity contribution is 5.10. The van der Waals surface area contributed by atoms with Gasteiger partial charge in [0.15, 0.2) is 0 Å². The van der Waals surface area contributed by atoms with Crippen LogP contribution < -0.4 is 0 Å². The Bertz CT molecular complexity index is 185. The first kappa shape index (κ1) is 8.38. The summed E-state index contributed by atoms with van der Waals surface area (Å²) in [4.78, 5) is 2.39. The smallest absolute Gasteiger partial charge is 0.0257 e. The third kappa shape index (κ3) is 1.65. The van der Waals surface area contributed by atoms with Crippen LogP contribution in [0.1, 0.15) is 20.8 Å². The SMILES string of the molecule is C=C(C)C1CN(/C(C)=C\C)C1. The van der Waals surface area contributed by atoms with Gasteiger partial charge in [-0.15, -0.1) is 0 Å². The predicted molar refractivity (Wildman–Crippen MR) is 49.3 cm³/mol. The third-order valence-electron chi connectivity index (χ3n) is 2.50. The molecule has 0 atom stereocenters. The molecule has 1 heteroatoms. The summed E-state index contributed by atoms with van der Waals surface area (Å²) in [5.41, 5.74) is 2.72. The van der Waals surface area contributed by atoms with Gasteiger partial charge in [0.2, 0.25) is 0 Å². The Kier molecular flexibility index (Phi) is 2.38. The van der Waals surface area contributed by atoms with E-state index in [0.29, 0.717) is 0 Å². The van der Waals surface area contributed by atoms with Crippen LogP contribution in [0.2, 0.25) is 0 Å². The average molecular weight is 151 g/mol. The molecule has 0 N–H and O–H groups in total. The third-order valence-corrected chi connectivity index (χ3v) is 2.50. The molecule has 0 saturated carbocycles. The maximum absolute atomic E-state index is 3.95. The van der Waals surface area contributed by atoms with E-state index in [1.807, 2.05) is 0 Å². The van der Waals surface area contributed by atoms with Crippen molar-refractivity contribution in [3.63, 3.8) is 0 Å². The van der Waals surface area contributed by atoms with Crippen molar-refractivity contribution >= 4 is 0 Å². The second-order valence-electron chi connectivity index (χ2n) is 3.38. The Hall–Kier alpha value is -0.720. The molecule has 1 heterocycles. The molecule has 1 aliphatic rings. The van der Waals surface area contributed by atoms with Crippen LogP contribution in [0.25, 0.3) is 0 Å². The zero-order valence-electron chi connectivity index (χ0n) is 7.72. The van der Waals surface area contributed by atoms with E-state index in [9.17, 15) is 0 Å². The molecule has 0 aromatic rings. The van der Waals surface area contributed by atoms with Crippen molar-refractivity contribution < 1.29 is 0 Å². The predicted octanol–water partition coefficient (Wildman–Crippen LogP) is 2.42. The fourth-order valence-corrected chi connectivity index (χ4v) is 1.26. The van der Waals surface area contributed by atoms with E-state index in [-0.39, 0.29) is 0 Å². The van der Waals surface area contributed by atoms with E-state index in [4.69, 9.17) is 0 Å². The van der Waals surface area contributed by atoms with E-state index in [0.717, 1.165) is 5.92 Å². The van der Waals surface area contributed by atoms with Gasteiger partial charge in [-0.1, -0.05) is 18.2 Å². The van der Waals surface area contributed by atoms with E-state index >= 15 is 0 Å².